The molecule has 1 amide bonds. The molecule has 2 unspecified atom stereocenters. The Bertz CT molecular complexity index is 755. The topological polar surface area (TPSA) is 38.8 Å². The zero-order valence-corrected chi connectivity index (χ0v) is 16.2. The summed E-state index contributed by atoms with van der Waals surface area (Å²) >= 11 is 0. The third-order valence-corrected chi connectivity index (χ3v) is 7.39. The molecule has 1 saturated carbocycles. The minimum Gasteiger partial charge on any atom is -0.381 e. The standard InChI is InChI=1S/C23H29NO3/c1-3-10-27-20-12-23(19-11-15(2)4-5-16(19)20)6-8-24(9-7-23)22(25)21-17-13-26-14-18(17)21/h3-5,11,17-18,20-21H,1,6-10,12-14H2,2H3/t17-,18+,20?,21?. The van der Waals surface area contributed by atoms with E-state index in [0.717, 1.165) is 45.6 Å². The number of fused-ring (bicyclic) bond motifs is 3. The van der Waals surface area contributed by atoms with Crippen LogP contribution in [0.15, 0.2) is 30.9 Å². The second kappa shape index (κ2) is 6.46. The highest BCUT2D eigenvalue weighted by molar-refractivity contribution is 5.82. The van der Waals surface area contributed by atoms with Crippen molar-refractivity contribution in [1.29, 1.82) is 0 Å². The summed E-state index contributed by atoms with van der Waals surface area (Å²) in [7, 11) is 0. The first-order valence-electron chi connectivity index (χ1n) is 10.3. The summed E-state index contributed by atoms with van der Waals surface area (Å²) in [6.07, 6.45) is 5.10. The van der Waals surface area contributed by atoms with Crippen LogP contribution in [-0.2, 0) is 19.7 Å². The number of hydrogen-bond donors (Lipinski definition) is 0. The van der Waals surface area contributed by atoms with Gasteiger partial charge >= 0.3 is 0 Å². The van der Waals surface area contributed by atoms with Crippen molar-refractivity contribution in [3.8, 4) is 0 Å². The molecule has 5 rings (SSSR count). The number of carbonyl (C=O) groups is 1. The van der Waals surface area contributed by atoms with Gasteiger partial charge in [0.25, 0.3) is 0 Å². The lowest BCUT2D eigenvalue weighted by atomic mass is 9.73. The van der Waals surface area contributed by atoms with Crippen molar-refractivity contribution in [2.75, 3.05) is 32.9 Å². The van der Waals surface area contributed by atoms with E-state index in [2.05, 4.69) is 36.6 Å². The zero-order valence-electron chi connectivity index (χ0n) is 16.2. The van der Waals surface area contributed by atoms with Crippen molar-refractivity contribution in [3.63, 3.8) is 0 Å². The van der Waals surface area contributed by atoms with E-state index in [1.807, 2.05) is 6.08 Å². The number of ether oxygens (including phenoxy) is 2. The summed E-state index contributed by atoms with van der Waals surface area (Å²) in [6.45, 7) is 9.86. The molecule has 0 N–H and O–H groups in total. The summed E-state index contributed by atoms with van der Waals surface area (Å²) in [5, 5.41) is 0. The predicted octanol–water partition coefficient (Wildman–Crippen LogP) is 3.40. The monoisotopic (exact) mass is 367 g/mol. The van der Waals surface area contributed by atoms with E-state index in [0.29, 0.717) is 24.3 Å². The van der Waals surface area contributed by atoms with E-state index in [9.17, 15) is 4.79 Å². The Hall–Kier alpha value is -1.65. The van der Waals surface area contributed by atoms with Gasteiger partial charge in [0.05, 0.1) is 25.9 Å². The van der Waals surface area contributed by atoms with E-state index >= 15 is 0 Å². The van der Waals surface area contributed by atoms with Crippen molar-refractivity contribution < 1.29 is 14.3 Å². The molecule has 2 saturated heterocycles. The van der Waals surface area contributed by atoms with Gasteiger partial charge in [0, 0.05) is 24.4 Å². The molecule has 4 heteroatoms. The number of hydrogen-bond acceptors (Lipinski definition) is 3. The molecule has 2 aliphatic heterocycles. The van der Waals surface area contributed by atoms with E-state index in [1.54, 1.807) is 0 Å². The molecule has 4 atom stereocenters. The average Bonchev–Trinajstić information content (AvgIpc) is 3.02. The largest absolute Gasteiger partial charge is 0.381 e. The van der Waals surface area contributed by atoms with Crippen molar-refractivity contribution in [2.24, 2.45) is 17.8 Å². The summed E-state index contributed by atoms with van der Waals surface area (Å²) in [5.74, 6) is 1.62. The number of benzene rings is 1. The fourth-order valence-electron chi connectivity index (χ4n) is 5.76. The number of rotatable bonds is 4. The highest BCUT2D eigenvalue weighted by atomic mass is 16.5. The average molecular weight is 367 g/mol. The summed E-state index contributed by atoms with van der Waals surface area (Å²) in [4.78, 5) is 15.0. The van der Waals surface area contributed by atoms with Gasteiger partial charge < -0.3 is 14.4 Å². The van der Waals surface area contributed by atoms with Crippen LogP contribution >= 0.6 is 0 Å². The number of piperidine rings is 1. The minimum atomic E-state index is 0.154. The van der Waals surface area contributed by atoms with Gasteiger partial charge in [-0.25, -0.2) is 0 Å². The number of aryl methyl sites for hydroxylation is 1. The molecular formula is C23H29NO3. The van der Waals surface area contributed by atoms with Crippen LogP contribution in [0.1, 0.15) is 42.1 Å². The van der Waals surface area contributed by atoms with Crippen molar-refractivity contribution >= 4 is 5.91 Å². The first-order valence-corrected chi connectivity index (χ1v) is 10.3. The second-order valence-corrected chi connectivity index (χ2v) is 8.90. The molecule has 27 heavy (non-hydrogen) atoms. The lowest BCUT2D eigenvalue weighted by molar-refractivity contribution is -0.135. The van der Waals surface area contributed by atoms with Crippen molar-refractivity contribution in [1.82, 2.24) is 4.90 Å². The maximum absolute atomic E-state index is 12.9. The van der Waals surface area contributed by atoms with Crippen LogP contribution in [-0.4, -0.2) is 43.7 Å². The maximum atomic E-state index is 12.9. The molecule has 1 spiro atoms. The van der Waals surface area contributed by atoms with Crippen LogP contribution in [0.25, 0.3) is 0 Å². The van der Waals surface area contributed by atoms with E-state index in [-0.39, 0.29) is 17.4 Å². The summed E-state index contributed by atoms with van der Waals surface area (Å²) < 4.78 is 11.6. The Balaban J connectivity index is 1.32. The van der Waals surface area contributed by atoms with E-state index in [1.165, 1.54) is 16.7 Å². The van der Waals surface area contributed by atoms with Gasteiger partial charge in [0.15, 0.2) is 0 Å². The minimum absolute atomic E-state index is 0.154. The van der Waals surface area contributed by atoms with Crippen LogP contribution in [0.5, 0.6) is 0 Å². The predicted molar refractivity (Wildman–Crippen MR) is 103 cm³/mol. The molecule has 4 aliphatic rings. The maximum Gasteiger partial charge on any atom is 0.226 e. The van der Waals surface area contributed by atoms with E-state index in [4.69, 9.17) is 9.47 Å². The molecule has 1 aromatic carbocycles. The van der Waals surface area contributed by atoms with Crippen LogP contribution in [0.3, 0.4) is 0 Å². The number of carbonyl (C=O) groups excluding carboxylic acids is 1. The van der Waals surface area contributed by atoms with Crippen LogP contribution in [0, 0.1) is 24.7 Å². The zero-order chi connectivity index (χ0) is 18.6. The normalized spacial score (nSPS) is 33.0. The Morgan fingerprint density at radius 3 is 2.78 bits per heavy atom. The number of likely N-dealkylation sites (tertiary alicyclic amines) is 1. The summed E-state index contributed by atoms with van der Waals surface area (Å²) in [6, 6.07) is 6.79. The van der Waals surface area contributed by atoms with Gasteiger partial charge in [-0.1, -0.05) is 29.8 Å². The molecule has 0 bridgehead atoms. The first-order chi connectivity index (χ1) is 13.1. The van der Waals surface area contributed by atoms with Gasteiger partial charge in [0.1, 0.15) is 0 Å². The van der Waals surface area contributed by atoms with Crippen LogP contribution < -0.4 is 0 Å². The van der Waals surface area contributed by atoms with Gasteiger partial charge in [-0.15, -0.1) is 6.58 Å². The Kier molecular flexibility index (Phi) is 4.17. The van der Waals surface area contributed by atoms with Crippen LogP contribution in [0.2, 0.25) is 0 Å². The molecule has 3 fully saturated rings. The highest BCUT2D eigenvalue weighted by Gasteiger charge is 2.59. The second-order valence-electron chi connectivity index (χ2n) is 8.90. The molecule has 1 aromatic rings. The molecule has 2 aliphatic carbocycles. The molecule has 144 valence electrons. The summed E-state index contributed by atoms with van der Waals surface area (Å²) in [5.41, 5.74) is 4.27. The lowest BCUT2D eigenvalue weighted by Crippen LogP contribution is -2.45. The highest BCUT2D eigenvalue weighted by Crippen LogP contribution is 2.54. The molecular weight excluding hydrogens is 338 g/mol. The first kappa shape index (κ1) is 17.4. The smallest absolute Gasteiger partial charge is 0.226 e. The molecule has 4 nitrogen and oxygen atoms in total. The lowest BCUT2D eigenvalue weighted by Gasteiger charge is -2.40. The Morgan fingerprint density at radius 2 is 2.07 bits per heavy atom. The fraction of sp³-hybridized carbons (Fsp3) is 0.609. The fourth-order valence-corrected chi connectivity index (χ4v) is 5.76. The van der Waals surface area contributed by atoms with Gasteiger partial charge in [-0.3, -0.25) is 4.79 Å². The van der Waals surface area contributed by atoms with Crippen LogP contribution in [0.4, 0.5) is 0 Å². The molecule has 0 radical (unpaired) electrons. The SMILES string of the molecule is C=CCOC1CC2(CCN(C(=O)C3[C@H]4COC[C@@H]34)CC2)c2cc(C)ccc21. The number of amides is 1. The number of nitrogens with zero attached hydrogens (tertiary/aromatic N) is 1. The molecule has 2 heterocycles. The Labute approximate surface area is 161 Å². The molecule has 0 aromatic heterocycles. The van der Waals surface area contributed by atoms with Gasteiger partial charge in [0.2, 0.25) is 5.91 Å². The third-order valence-electron chi connectivity index (χ3n) is 7.39. The van der Waals surface area contributed by atoms with Gasteiger partial charge in [-0.05, 0) is 49.1 Å². The van der Waals surface area contributed by atoms with Gasteiger partial charge in [-0.2, -0.15) is 0 Å². The Morgan fingerprint density at radius 1 is 1.33 bits per heavy atom. The third kappa shape index (κ3) is 2.76. The van der Waals surface area contributed by atoms with E-state index < -0.39 is 0 Å². The quantitative estimate of drug-likeness (QED) is 0.766. The van der Waals surface area contributed by atoms with Crippen molar-refractivity contribution in [2.45, 2.75) is 37.7 Å². The van der Waals surface area contributed by atoms with Crippen molar-refractivity contribution in [3.05, 3.63) is 47.5 Å².